The molecule has 0 unspecified atom stereocenters. The lowest BCUT2D eigenvalue weighted by Crippen LogP contribution is -2.17. The summed E-state index contributed by atoms with van der Waals surface area (Å²) in [7, 11) is 1.58. The van der Waals surface area contributed by atoms with Crippen molar-refractivity contribution in [1.82, 2.24) is 15.3 Å². The molecule has 166 valence electrons. The molecule has 0 spiro atoms. The molecule has 2 N–H and O–H groups in total. The van der Waals surface area contributed by atoms with Crippen molar-refractivity contribution < 1.29 is 9.47 Å². The van der Waals surface area contributed by atoms with Gasteiger partial charge in [0, 0.05) is 35.1 Å². The van der Waals surface area contributed by atoms with Crippen molar-refractivity contribution in [2.75, 3.05) is 13.7 Å². The first kappa shape index (κ1) is 22.7. The SMILES string of the molecule is COc1cc(CNCCc2nc3ccccc3[nH]2)cc(Cl)c1OCc1c(Cl)cccc1Cl. The summed E-state index contributed by atoms with van der Waals surface area (Å²) < 4.78 is 11.4. The Bertz CT molecular complexity index is 1170. The van der Waals surface area contributed by atoms with Crippen molar-refractivity contribution in [2.45, 2.75) is 19.6 Å². The van der Waals surface area contributed by atoms with E-state index < -0.39 is 0 Å². The van der Waals surface area contributed by atoms with Crippen LogP contribution in [0, 0.1) is 0 Å². The Morgan fingerprint density at radius 1 is 0.969 bits per heavy atom. The Balaban J connectivity index is 1.37. The molecule has 0 aliphatic carbocycles. The maximum atomic E-state index is 6.50. The number of H-pyrrole nitrogens is 1. The number of para-hydroxylation sites is 2. The summed E-state index contributed by atoms with van der Waals surface area (Å²) in [4.78, 5) is 7.93. The van der Waals surface area contributed by atoms with Crippen molar-refractivity contribution >= 4 is 45.8 Å². The monoisotopic (exact) mass is 489 g/mol. The van der Waals surface area contributed by atoms with E-state index in [1.807, 2.05) is 36.4 Å². The summed E-state index contributed by atoms with van der Waals surface area (Å²) in [5, 5.41) is 4.95. The lowest BCUT2D eigenvalue weighted by Gasteiger charge is -2.15. The van der Waals surface area contributed by atoms with Crippen LogP contribution in [0.5, 0.6) is 11.5 Å². The van der Waals surface area contributed by atoms with Crippen LogP contribution in [0.3, 0.4) is 0 Å². The van der Waals surface area contributed by atoms with E-state index in [0.29, 0.717) is 38.7 Å². The summed E-state index contributed by atoms with van der Waals surface area (Å²) in [6.45, 7) is 1.58. The van der Waals surface area contributed by atoms with E-state index in [1.54, 1.807) is 25.3 Å². The number of hydrogen-bond acceptors (Lipinski definition) is 4. The number of hydrogen-bond donors (Lipinski definition) is 2. The Labute approximate surface area is 201 Å². The van der Waals surface area contributed by atoms with Crippen molar-refractivity contribution in [3.8, 4) is 11.5 Å². The van der Waals surface area contributed by atoms with Crippen LogP contribution in [0.4, 0.5) is 0 Å². The highest BCUT2D eigenvalue weighted by Gasteiger charge is 2.14. The predicted octanol–water partition coefficient (Wildman–Crippen LogP) is 6.44. The molecule has 4 aromatic rings. The third-order valence-corrected chi connectivity index (χ3v) is 6.01. The number of fused-ring (bicyclic) bond motifs is 1. The van der Waals surface area contributed by atoms with Crippen LogP contribution in [0.15, 0.2) is 54.6 Å². The molecule has 0 aliphatic heterocycles. The molecule has 0 saturated heterocycles. The fraction of sp³-hybridized carbons (Fsp3) is 0.208. The molecule has 8 heteroatoms. The Morgan fingerprint density at radius 2 is 1.75 bits per heavy atom. The number of aromatic amines is 1. The number of methoxy groups -OCH3 is 1. The van der Waals surface area contributed by atoms with Gasteiger partial charge in [0.25, 0.3) is 0 Å². The van der Waals surface area contributed by atoms with E-state index in [2.05, 4.69) is 15.3 Å². The summed E-state index contributed by atoms with van der Waals surface area (Å²) in [6, 6.07) is 17.1. The smallest absolute Gasteiger partial charge is 0.180 e. The first-order valence-corrected chi connectivity index (χ1v) is 11.2. The van der Waals surface area contributed by atoms with Crippen LogP contribution in [-0.4, -0.2) is 23.6 Å². The van der Waals surface area contributed by atoms with Crippen molar-refractivity contribution in [3.63, 3.8) is 0 Å². The quantitative estimate of drug-likeness (QED) is 0.265. The van der Waals surface area contributed by atoms with Crippen LogP contribution < -0.4 is 14.8 Å². The molecule has 0 radical (unpaired) electrons. The minimum Gasteiger partial charge on any atom is -0.493 e. The average molecular weight is 491 g/mol. The van der Waals surface area contributed by atoms with Gasteiger partial charge in [-0.05, 0) is 42.0 Å². The fourth-order valence-electron chi connectivity index (χ4n) is 3.39. The molecule has 3 aromatic carbocycles. The third-order valence-electron chi connectivity index (χ3n) is 5.02. The number of rotatable bonds is 9. The molecule has 0 saturated carbocycles. The fourth-order valence-corrected chi connectivity index (χ4v) is 4.19. The second-order valence-corrected chi connectivity index (χ2v) is 8.45. The van der Waals surface area contributed by atoms with E-state index >= 15 is 0 Å². The molecule has 0 aliphatic rings. The molecule has 4 rings (SSSR count). The third kappa shape index (κ3) is 5.30. The summed E-state index contributed by atoms with van der Waals surface area (Å²) >= 11 is 19.0. The molecule has 1 aromatic heterocycles. The number of nitrogens with one attached hydrogen (secondary N) is 2. The molecule has 0 fully saturated rings. The highest BCUT2D eigenvalue weighted by Crippen LogP contribution is 2.38. The maximum Gasteiger partial charge on any atom is 0.180 e. The van der Waals surface area contributed by atoms with Gasteiger partial charge in [-0.2, -0.15) is 0 Å². The summed E-state index contributed by atoms with van der Waals surface area (Å²) in [5.41, 5.74) is 3.71. The van der Waals surface area contributed by atoms with Gasteiger partial charge >= 0.3 is 0 Å². The first-order chi connectivity index (χ1) is 15.5. The number of nitrogens with zero attached hydrogens (tertiary/aromatic N) is 1. The number of imidazole rings is 1. The number of benzene rings is 3. The molecule has 5 nitrogen and oxygen atoms in total. The summed E-state index contributed by atoms with van der Waals surface area (Å²) in [6.07, 6.45) is 0.791. The van der Waals surface area contributed by atoms with Crippen LogP contribution in [0.2, 0.25) is 15.1 Å². The lowest BCUT2D eigenvalue weighted by molar-refractivity contribution is 0.284. The second kappa shape index (κ2) is 10.5. The maximum absolute atomic E-state index is 6.50. The number of ether oxygens (including phenoxy) is 2. The average Bonchev–Trinajstić information content (AvgIpc) is 3.20. The topological polar surface area (TPSA) is 59.2 Å². The minimum atomic E-state index is 0.184. The molecular weight excluding hydrogens is 469 g/mol. The van der Waals surface area contributed by atoms with Gasteiger partial charge in [0.15, 0.2) is 11.5 Å². The number of aromatic nitrogens is 2. The van der Waals surface area contributed by atoms with Gasteiger partial charge in [-0.15, -0.1) is 0 Å². The zero-order chi connectivity index (χ0) is 22.5. The zero-order valence-electron chi connectivity index (χ0n) is 17.4. The van der Waals surface area contributed by atoms with Crippen molar-refractivity contribution in [3.05, 3.63) is 86.6 Å². The van der Waals surface area contributed by atoms with Crippen molar-refractivity contribution in [2.24, 2.45) is 0 Å². The molecule has 1 heterocycles. The van der Waals surface area contributed by atoms with Gasteiger partial charge in [-0.3, -0.25) is 0 Å². The van der Waals surface area contributed by atoms with E-state index in [9.17, 15) is 0 Å². The largest absolute Gasteiger partial charge is 0.493 e. The van der Waals surface area contributed by atoms with E-state index in [0.717, 1.165) is 35.4 Å². The molecule has 32 heavy (non-hydrogen) atoms. The molecule has 0 atom stereocenters. The van der Waals surface area contributed by atoms with Gasteiger partial charge in [0.2, 0.25) is 0 Å². The molecule has 0 bridgehead atoms. The lowest BCUT2D eigenvalue weighted by atomic mass is 10.2. The van der Waals surface area contributed by atoms with E-state index in [1.165, 1.54) is 0 Å². The van der Waals surface area contributed by atoms with E-state index in [-0.39, 0.29) is 6.61 Å². The number of halogens is 3. The first-order valence-electron chi connectivity index (χ1n) is 10.1. The van der Waals surface area contributed by atoms with Crippen LogP contribution in [-0.2, 0) is 19.6 Å². The Morgan fingerprint density at radius 3 is 2.50 bits per heavy atom. The highest BCUT2D eigenvalue weighted by atomic mass is 35.5. The van der Waals surface area contributed by atoms with Crippen LogP contribution in [0.1, 0.15) is 17.0 Å². The zero-order valence-corrected chi connectivity index (χ0v) is 19.7. The van der Waals surface area contributed by atoms with Gasteiger partial charge in [0.05, 0.1) is 23.2 Å². The highest BCUT2D eigenvalue weighted by molar-refractivity contribution is 6.36. The van der Waals surface area contributed by atoms with E-state index in [4.69, 9.17) is 44.3 Å². The second-order valence-electron chi connectivity index (χ2n) is 7.23. The van der Waals surface area contributed by atoms with Gasteiger partial charge < -0.3 is 19.8 Å². The Kier molecular flexibility index (Phi) is 7.43. The minimum absolute atomic E-state index is 0.184. The van der Waals surface area contributed by atoms with Gasteiger partial charge in [-0.25, -0.2) is 4.98 Å². The standard InChI is InChI=1S/C24H22Cl3N3O2/c1-31-22-12-15(13-28-10-9-23-29-20-7-2-3-8-21(20)30-23)11-19(27)24(22)32-14-16-17(25)5-4-6-18(16)26/h2-8,11-12,28H,9-10,13-14H2,1H3,(H,29,30). The predicted molar refractivity (Wildman–Crippen MR) is 130 cm³/mol. The Hall–Kier alpha value is -2.44. The van der Waals surface area contributed by atoms with Crippen LogP contribution in [0.25, 0.3) is 11.0 Å². The van der Waals surface area contributed by atoms with Crippen LogP contribution >= 0.6 is 34.8 Å². The van der Waals surface area contributed by atoms with Crippen molar-refractivity contribution in [1.29, 1.82) is 0 Å². The van der Waals surface area contributed by atoms with Gasteiger partial charge in [0.1, 0.15) is 12.4 Å². The molecule has 0 amide bonds. The molecular formula is C24H22Cl3N3O2. The summed E-state index contributed by atoms with van der Waals surface area (Å²) in [5.74, 6) is 1.96. The van der Waals surface area contributed by atoms with Gasteiger partial charge in [-0.1, -0.05) is 53.0 Å². The normalized spacial score (nSPS) is 11.1.